The molecule has 0 aliphatic rings. The second-order valence-electron chi connectivity index (χ2n) is 8.60. The summed E-state index contributed by atoms with van der Waals surface area (Å²) in [7, 11) is 0. The van der Waals surface area contributed by atoms with Crippen LogP contribution in [0.4, 0.5) is 8.78 Å². The van der Waals surface area contributed by atoms with Gasteiger partial charge in [0.25, 0.3) is 0 Å². The molecule has 4 aromatic rings. The van der Waals surface area contributed by atoms with Gasteiger partial charge in [-0.1, -0.05) is 105 Å². The summed E-state index contributed by atoms with van der Waals surface area (Å²) in [5.74, 6) is 0.644. The van der Waals surface area contributed by atoms with Crippen LogP contribution < -0.4 is 4.74 Å². The van der Waals surface area contributed by atoms with Crippen molar-refractivity contribution < 1.29 is 13.5 Å². The summed E-state index contributed by atoms with van der Waals surface area (Å²) in [4.78, 5) is 0. The first kappa shape index (κ1) is 23.0. The lowest BCUT2D eigenvalue weighted by Gasteiger charge is -2.19. The number of hydrogen-bond acceptors (Lipinski definition) is 1. The Morgan fingerprint density at radius 1 is 0.727 bits per heavy atom. The maximum Gasteiger partial charge on any atom is 0.387 e. The summed E-state index contributed by atoms with van der Waals surface area (Å²) in [5.41, 5.74) is 4.77. The second-order valence-corrected chi connectivity index (χ2v) is 8.60. The molecule has 3 heteroatoms. The highest BCUT2D eigenvalue weighted by molar-refractivity contribution is 5.83. The third-order valence-electron chi connectivity index (χ3n) is 6.25. The lowest BCUT2D eigenvalue weighted by Crippen LogP contribution is -2.04. The Bertz CT molecular complexity index is 1150. The van der Waals surface area contributed by atoms with Crippen molar-refractivity contribution in [1.29, 1.82) is 0 Å². The molecule has 0 amide bonds. The van der Waals surface area contributed by atoms with Gasteiger partial charge in [-0.15, -0.1) is 0 Å². The molecule has 0 saturated heterocycles. The van der Waals surface area contributed by atoms with E-state index in [4.69, 9.17) is 0 Å². The van der Waals surface area contributed by atoms with Gasteiger partial charge in [0.2, 0.25) is 0 Å². The molecule has 33 heavy (non-hydrogen) atoms. The van der Waals surface area contributed by atoms with E-state index in [2.05, 4.69) is 78.4 Å². The summed E-state index contributed by atoms with van der Waals surface area (Å²) >= 11 is 0. The topological polar surface area (TPSA) is 9.23 Å². The average molecular weight is 445 g/mol. The quantitative estimate of drug-likeness (QED) is 0.222. The molecule has 0 radical (unpaired) electrons. The molecule has 0 aliphatic heterocycles. The molecule has 4 aromatic carbocycles. The van der Waals surface area contributed by atoms with Crippen LogP contribution in [0.15, 0.2) is 91.0 Å². The Morgan fingerprint density at radius 3 is 2.06 bits per heavy atom. The molecule has 4 rings (SSSR count). The van der Waals surface area contributed by atoms with E-state index in [-0.39, 0.29) is 5.75 Å². The van der Waals surface area contributed by atoms with Gasteiger partial charge in [0.05, 0.1) is 0 Å². The zero-order valence-corrected chi connectivity index (χ0v) is 19.0. The van der Waals surface area contributed by atoms with Crippen LogP contribution in [0.3, 0.4) is 0 Å². The van der Waals surface area contributed by atoms with Gasteiger partial charge >= 0.3 is 6.61 Å². The van der Waals surface area contributed by atoms with Crippen molar-refractivity contribution in [2.45, 2.75) is 51.6 Å². The molecule has 0 heterocycles. The molecular weight excluding hydrogens is 414 g/mol. The van der Waals surface area contributed by atoms with E-state index in [0.717, 1.165) is 17.5 Å². The minimum atomic E-state index is -2.80. The van der Waals surface area contributed by atoms with E-state index >= 15 is 0 Å². The fourth-order valence-electron chi connectivity index (χ4n) is 4.45. The first-order chi connectivity index (χ1) is 16.1. The SMILES string of the molecule is CCCCCC(Cc1ccc2ccccc2c1)c1ccc(-c2ccc(OC(F)F)cc2)cc1. The molecular formula is C30H30F2O. The third kappa shape index (κ3) is 6.19. The van der Waals surface area contributed by atoms with Crippen molar-refractivity contribution in [3.63, 3.8) is 0 Å². The van der Waals surface area contributed by atoms with Gasteiger partial charge in [-0.3, -0.25) is 0 Å². The van der Waals surface area contributed by atoms with Gasteiger partial charge in [0.1, 0.15) is 5.75 Å². The van der Waals surface area contributed by atoms with Gasteiger partial charge in [-0.05, 0) is 63.9 Å². The molecule has 0 N–H and O–H groups in total. The molecule has 0 bridgehead atoms. The first-order valence-corrected chi connectivity index (χ1v) is 11.8. The van der Waals surface area contributed by atoms with Crippen LogP contribution in [-0.2, 0) is 6.42 Å². The van der Waals surface area contributed by atoms with Gasteiger partial charge in [0, 0.05) is 0 Å². The predicted molar refractivity (Wildman–Crippen MR) is 133 cm³/mol. The summed E-state index contributed by atoms with van der Waals surface area (Å²) in [6, 6.07) is 30.8. The van der Waals surface area contributed by atoms with Gasteiger partial charge < -0.3 is 4.74 Å². The number of unbranched alkanes of at least 4 members (excludes halogenated alkanes) is 2. The van der Waals surface area contributed by atoms with Crippen LogP contribution in [-0.4, -0.2) is 6.61 Å². The van der Waals surface area contributed by atoms with Gasteiger partial charge in [0.15, 0.2) is 0 Å². The van der Waals surface area contributed by atoms with Crippen molar-refractivity contribution >= 4 is 10.8 Å². The maximum atomic E-state index is 12.4. The zero-order valence-electron chi connectivity index (χ0n) is 19.0. The summed E-state index contributed by atoms with van der Waals surface area (Å²) < 4.78 is 29.2. The summed E-state index contributed by atoms with van der Waals surface area (Å²) in [5, 5.41) is 2.56. The van der Waals surface area contributed by atoms with Crippen LogP contribution >= 0.6 is 0 Å². The largest absolute Gasteiger partial charge is 0.435 e. The zero-order chi connectivity index (χ0) is 23.0. The first-order valence-electron chi connectivity index (χ1n) is 11.8. The smallest absolute Gasteiger partial charge is 0.387 e. The summed E-state index contributed by atoms with van der Waals surface area (Å²) in [6.45, 7) is -0.563. The van der Waals surface area contributed by atoms with Gasteiger partial charge in [-0.25, -0.2) is 0 Å². The van der Waals surface area contributed by atoms with E-state index in [1.807, 2.05) is 12.1 Å². The Balaban J connectivity index is 1.52. The normalized spacial score (nSPS) is 12.2. The minimum absolute atomic E-state index is 0.178. The van der Waals surface area contributed by atoms with Crippen LogP contribution in [0.1, 0.15) is 49.7 Å². The van der Waals surface area contributed by atoms with E-state index in [0.29, 0.717) is 5.92 Å². The van der Waals surface area contributed by atoms with Crippen LogP contribution in [0.2, 0.25) is 0 Å². The maximum absolute atomic E-state index is 12.4. The monoisotopic (exact) mass is 444 g/mol. The minimum Gasteiger partial charge on any atom is -0.435 e. The molecule has 1 nitrogen and oxygen atoms in total. The number of halogens is 2. The number of benzene rings is 4. The highest BCUT2D eigenvalue weighted by Crippen LogP contribution is 2.31. The molecule has 0 aromatic heterocycles. The highest BCUT2D eigenvalue weighted by atomic mass is 19.3. The number of hydrogen-bond donors (Lipinski definition) is 0. The fraction of sp³-hybridized carbons (Fsp3) is 0.267. The molecule has 0 fully saturated rings. The number of alkyl halides is 2. The lowest BCUT2D eigenvalue weighted by molar-refractivity contribution is -0.0498. The fourth-order valence-corrected chi connectivity index (χ4v) is 4.45. The Labute approximate surface area is 195 Å². The molecule has 0 saturated carbocycles. The Hall–Kier alpha value is -3.20. The standard InChI is InChI=1S/C30H30F2O/c1-2-3-4-8-28(21-22-10-11-23-7-5-6-9-27(23)20-22)26-14-12-24(13-15-26)25-16-18-29(19-17-25)33-30(31)32/h5-7,9-20,28,30H,2-4,8,21H2,1H3. The Morgan fingerprint density at radius 2 is 1.39 bits per heavy atom. The number of fused-ring (bicyclic) bond motifs is 1. The van der Waals surface area contributed by atoms with E-state index < -0.39 is 6.61 Å². The van der Waals surface area contributed by atoms with E-state index in [1.54, 1.807) is 12.1 Å². The number of ether oxygens (including phenoxy) is 1. The van der Waals surface area contributed by atoms with Crippen molar-refractivity contribution in [1.82, 2.24) is 0 Å². The molecule has 0 aliphatic carbocycles. The second kappa shape index (κ2) is 11.1. The van der Waals surface area contributed by atoms with Crippen molar-refractivity contribution in [2.24, 2.45) is 0 Å². The van der Waals surface area contributed by atoms with Crippen LogP contribution in [0, 0.1) is 0 Å². The van der Waals surface area contributed by atoms with Gasteiger partial charge in [-0.2, -0.15) is 8.78 Å². The van der Waals surface area contributed by atoms with Crippen LogP contribution in [0.25, 0.3) is 21.9 Å². The average Bonchev–Trinajstić information content (AvgIpc) is 2.84. The molecule has 1 atom stereocenters. The molecule has 0 spiro atoms. The number of rotatable bonds is 10. The van der Waals surface area contributed by atoms with Crippen LogP contribution in [0.5, 0.6) is 5.75 Å². The highest BCUT2D eigenvalue weighted by Gasteiger charge is 2.13. The van der Waals surface area contributed by atoms with Crippen molar-refractivity contribution in [2.75, 3.05) is 0 Å². The molecule has 170 valence electrons. The third-order valence-corrected chi connectivity index (χ3v) is 6.25. The Kier molecular flexibility index (Phi) is 7.72. The van der Waals surface area contributed by atoms with Crippen molar-refractivity contribution in [3.8, 4) is 16.9 Å². The molecule has 1 unspecified atom stereocenters. The van der Waals surface area contributed by atoms with E-state index in [9.17, 15) is 8.78 Å². The predicted octanol–water partition coefficient (Wildman–Crippen LogP) is 9.01. The summed E-state index contributed by atoms with van der Waals surface area (Å²) in [6.07, 6.45) is 5.88. The lowest BCUT2D eigenvalue weighted by atomic mass is 9.86. The van der Waals surface area contributed by atoms with E-state index in [1.165, 1.54) is 47.6 Å². The van der Waals surface area contributed by atoms with Crippen molar-refractivity contribution in [3.05, 3.63) is 102 Å².